The molecule has 0 atom stereocenters. The Hall–Kier alpha value is -2.70. The zero-order chi connectivity index (χ0) is 16.5. The molecule has 0 saturated carbocycles. The number of amides is 2. The number of nitrogens with zero attached hydrogens (tertiary/aromatic N) is 3. The summed E-state index contributed by atoms with van der Waals surface area (Å²) in [6.45, 7) is 0.604. The summed E-state index contributed by atoms with van der Waals surface area (Å²) < 4.78 is 0. The molecule has 2 rings (SSSR count). The Morgan fingerprint density at radius 3 is 2.22 bits per heavy atom. The number of aromatic nitrogens is 2. The molecule has 6 nitrogen and oxygen atoms in total. The lowest BCUT2D eigenvalue weighted by Gasteiger charge is -2.17. The number of nitrogens with one attached hydrogen (secondary N) is 1. The van der Waals surface area contributed by atoms with E-state index in [1.165, 1.54) is 0 Å². The fraction of sp³-hybridized carbons (Fsp3) is 0.250. The van der Waals surface area contributed by atoms with Gasteiger partial charge in [-0.25, -0.2) is 0 Å². The summed E-state index contributed by atoms with van der Waals surface area (Å²) in [6, 6.07) is 7.43. The fourth-order valence-electron chi connectivity index (χ4n) is 1.97. The predicted molar refractivity (Wildman–Crippen MR) is 86.4 cm³/mol. The Kier molecular flexibility index (Phi) is 6.29. The Bertz CT molecular complexity index is 637. The lowest BCUT2D eigenvalue weighted by molar-refractivity contribution is -0.142. The summed E-state index contributed by atoms with van der Waals surface area (Å²) in [5.41, 5.74) is 1.94. The van der Waals surface area contributed by atoms with Crippen LogP contribution in [0.1, 0.15) is 11.1 Å². The number of carbonyl (C=O) groups is 2. The second-order valence-corrected chi connectivity index (χ2v) is 4.98. The number of rotatable bonds is 6. The van der Waals surface area contributed by atoms with Crippen molar-refractivity contribution in [3.05, 3.63) is 60.2 Å². The van der Waals surface area contributed by atoms with Crippen LogP contribution in [0.3, 0.4) is 0 Å². The van der Waals surface area contributed by atoms with E-state index in [1.807, 2.05) is 24.3 Å². The van der Waals surface area contributed by atoms with Gasteiger partial charge in [0, 0.05) is 37.9 Å². The van der Waals surface area contributed by atoms with E-state index < -0.39 is 11.8 Å². The molecular formula is C16H17BN4O2. The van der Waals surface area contributed by atoms with Gasteiger partial charge >= 0.3 is 5.91 Å². The molecule has 0 saturated heterocycles. The van der Waals surface area contributed by atoms with Crippen LogP contribution in [0.25, 0.3) is 0 Å². The van der Waals surface area contributed by atoms with Crippen molar-refractivity contribution >= 4 is 19.8 Å². The van der Waals surface area contributed by atoms with Crippen LogP contribution in [0.4, 0.5) is 0 Å². The smallest absolute Gasteiger partial charge is 0.308 e. The summed E-state index contributed by atoms with van der Waals surface area (Å²) in [5.74, 6) is -1.46. The highest BCUT2D eigenvalue weighted by Crippen LogP contribution is 1.99. The molecule has 23 heavy (non-hydrogen) atoms. The van der Waals surface area contributed by atoms with Crippen molar-refractivity contribution in [3.8, 4) is 0 Å². The normalized spacial score (nSPS) is 10.1. The van der Waals surface area contributed by atoms with Crippen LogP contribution in [0.2, 0.25) is 0 Å². The molecule has 0 bridgehead atoms. The quantitative estimate of drug-likeness (QED) is 0.615. The van der Waals surface area contributed by atoms with Crippen LogP contribution in [-0.4, -0.2) is 47.7 Å². The molecule has 116 valence electrons. The Balaban J connectivity index is 1.72. The number of carbonyl (C=O) groups excluding carboxylic acids is 2. The minimum Gasteiger partial charge on any atom is -0.388 e. The number of hydrogen-bond acceptors (Lipinski definition) is 4. The van der Waals surface area contributed by atoms with Gasteiger partial charge < -0.3 is 10.1 Å². The highest BCUT2D eigenvalue weighted by atomic mass is 16.2. The minimum absolute atomic E-state index is 0.251. The van der Waals surface area contributed by atoms with Gasteiger partial charge in [-0.3, -0.25) is 19.6 Å². The van der Waals surface area contributed by atoms with Crippen molar-refractivity contribution in [2.24, 2.45) is 0 Å². The van der Waals surface area contributed by atoms with Gasteiger partial charge in [0.2, 0.25) is 7.98 Å². The third kappa shape index (κ3) is 5.54. The van der Waals surface area contributed by atoms with Crippen LogP contribution < -0.4 is 5.32 Å². The van der Waals surface area contributed by atoms with E-state index in [0.717, 1.165) is 15.9 Å². The molecule has 0 aliphatic carbocycles. The molecule has 2 amide bonds. The molecule has 2 heterocycles. The summed E-state index contributed by atoms with van der Waals surface area (Å²) in [4.78, 5) is 32.5. The van der Waals surface area contributed by atoms with Crippen molar-refractivity contribution in [2.45, 2.75) is 12.8 Å². The van der Waals surface area contributed by atoms with Crippen LogP contribution in [0.15, 0.2) is 49.1 Å². The van der Waals surface area contributed by atoms with Gasteiger partial charge in [-0.2, -0.15) is 0 Å². The Morgan fingerprint density at radius 1 is 1.04 bits per heavy atom. The van der Waals surface area contributed by atoms with E-state index in [-0.39, 0.29) is 6.54 Å². The van der Waals surface area contributed by atoms with Gasteiger partial charge in [0.15, 0.2) is 0 Å². The van der Waals surface area contributed by atoms with Crippen molar-refractivity contribution in [3.63, 3.8) is 0 Å². The molecule has 0 aliphatic rings. The number of hydrogen-bond donors (Lipinski definition) is 1. The molecule has 1 N–H and O–H groups in total. The Morgan fingerprint density at radius 2 is 1.65 bits per heavy atom. The van der Waals surface area contributed by atoms with E-state index in [4.69, 9.17) is 7.98 Å². The monoisotopic (exact) mass is 308 g/mol. The van der Waals surface area contributed by atoms with E-state index in [2.05, 4.69) is 15.3 Å². The van der Waals surface area contributed by atoms with Crippen molar-refractivity contribution < 1.29 is 9.59 Å². The van der Waals surface area contributed by atoms with Gasteiger partial charge in [0.05, 0.1) is 0 Å². The average molecular weight is 308 g/mol. The second kappa shape index (κ2) is 8.68. The molecule has 0 aliphatic heterocycles. The van der Waals surface area contributed by atoms with Crippen LogP contribution >= 0.6 is 0 Å². The molecule has 0 unspecified atom stereocenters. The molecule has 2 aromatic heterocycles. The zero-order valence-corrected chi connectivity index (χ0v) is 12.7. The molecular weight excluding hydrogens is 291 g/mol. The van der Waals surface area contributed by atoms with Crippen LogP contribution in [0, 0.1) is 0 Å². The van der Waals surface area contributed by atoms with Gasteiger partial charge in [-0.15, -0.1) is 0 Å². The van der Waals surface area contributed by atoms with Gasteiger partial charge in [-0.05, 0) is 36.1 Å². The molecule has 0 fully saturated rings. The Labute approximate surface area is 136 Å². The van der Waals surface area contributed by atoms with E-state index >= 15 is 0 Å². The average Bonchev–Trinajstić information content (AvgIpc) is 2.60. The van der Waals surface area contributed by atoms with Gasteiger partial charge in [0.1, 0.15) is 0 Å². The number of pyridine rings is 2. The van der Waals surface area contributed by atoms with E-state index in [1.54, 1.807) is 24.8 Å². The summed E-state index contributed by atoms with van der Waals surface area (Å²) in [7, 11) is 5.64. The standard InChI is InChI=1S/C16H17BN4O2/c17-21(10-6-14-4-2-8-19-12-14)16(23)15(22)20-9-5-13-3-1-7-18-11-13/h1-4,7-8,11-12H,5-6,9-10H2,(H,20,22). The largest absolute Gasteiger partial charge is 0.388 e. The molecule has 0 spiro atoms. The topological polar surface area (TPSA) is 75.2 Å². The lowest BCUT2D eigenvalue weighted by atomic mass is 10.1. The summed E-state index contributed by atoms with van der Waals surface area (Å²) >= 11 is 0. The first-order valence-electron chi connectivity index (χ1n) is 7.29. The first-order chi connectivity index (χ1) is 11.2. The molecule has 2 radical (unpaired) electrons. The van der Waals surface area contributed by atoms with Crippen molar-refractivity contribution in [2.75, 3.05) is 13.1 Å². The summed E-state index contributed by atoms with van der Waals surface area (Å²) in [6.07, 6.45) is 7.92. The minimum atomic E-state index is -0.750. The molecule has 0 aromatic carbocycles. The highest BCUT2D eigenvalue weighted by molar-refractivity contribution is 6.40. The molecule has 7 heteroatoms. The van der Waals surface area contributed by atoms with E-state index in [9.17, 15) is 9.59 Å². The fourth-order valence-corrected chi connectivity index (χ4v) is 1.97. The predicted octanol–water partition coefficient (Wildman–Crippen LogP) is 0.290. The van der Waals surface area contributed by atoms with Gasteiger partial charge in [-0.1, -0.05) is 12.1 Å². The highest BCUT2D eigenvalue weighted by Gasteiger charge is 2.17. The maximum absolute atomic E-state index is 11.9. The van der Waals surface area contributed by atoms with E-state index in [0.29, 0.717) is 19.4 Å². The SMILES string of the molecule is [B]N(CCc1cccnc1)C(=O)C(=O)NCCc1cccnc1. The lowest BCUT2D eigenvalue weighted by Crippen LogP contribution is -2.43. The van der Waals surface area contributed by atoms with Crippen LogP contribution in [0.5, 0.6) is 0 Å². The van der Waals surface area contributed by atoms with Crippen molar-refractivity contribution in [1.29, 1.82) is 0 Å². The maximum Gasteiger partial charge on any atom is 0.308 e. The van der Waals surface area contributed by atoms with Crippen LogP contribution in [-0.2, 0) is 22.4 Å². The summed E-state index contributed by atoms with van der Waals surface area (Å²) in [5, 5.41) is 2.56. The first kappa shape index (κ1) is 16.7. The zero-order valence-electron chi connectivity index (χ0n) is 12.7. The third-order valence-electron chi connectivity index (χ3n) is 3.24. The van der Waals surface area contributed by atoms with Gasteiger partial charge in [0.25, 0.3) is 5.91 Å². The maximum atomic E-state index is 11.9. The first-order valence-corrected chi connectivity index (χ1v) is 7.29. The molecule has 2 aromatic rings. The second-order valence-electron chi connectivity index (χ2n) is 4.98. The van der Waals surface area contributed by atoms with Crippen molar-refractivity contribution in [1.82, 2.24) is 20.1 Å². The third-order valence-corrected chi connectivity index (χ3v) is 3.24.